The van der Waals surface area contributed by atoms with Gasteiger partial charge in [0.1, 0.15) is 48.8 Å². The highest BCUT2D eigenvalue weighted by molar-refractivity contribution is 5.76. The maximum atomic E-state index is 13.4. The summed E-state index contributed by atoms with van der Waals surface area (Å²) in [7, 11) is 0. The predicted molar refractivity (Wildman–Crippen MR) is 392 cm³/mol. The first-order valence-electron chi connectivity index (χ1n) is 38.3. The first-order valence-corrected chi connectivity index (χ1v) is 38.3. The summed E-state index contributed by atoms with van der Waals surface area (Å²) in [4.78, 5) is 13.4. The fourth-order valence-electron chi connectivity index (χ4n) is 11.9. The number of allylic oxidation sites excluding steroid dienone is 20. The van der Waals surface area contributed by atoms with E-state index < -0.39 is 86.8 Å². The Bertz CT molecular complexity index is 2060. The maximum Gasteiger partial charge on any atom is 0.220 e. The molecule has 0 aromatic carbocycles. The molecule has 12 unspecified atom stereocenters. The van der Waals surface area contributed by atoms with Crippen LogP contribution in [0, 0.1) is 0 Å². The third-order valence-electron chi connectivity index (χ3n) is 17.9. The zero-order valence-corrected chi connectivity index (χ0v) is 59.6. The molecule has 0 aromatic heterocycles. The molecule has 12 atom stereocenters. The van der Waals surface area contributed by atoms with Crippen LogP contribution in [0.2, 0.25) is 0 Å². The highest BCUT2D eigenvalue weighted by Gasteiger charge is 2.51. The highest BCUT2D eigenvalue weighted by atomic mass is 16.7. The molecule has 0 aromatic rings. The van der Waals surface area contributed by atoms with Crippen LogP contribution < -0.4 is 5.32 Å². The van der Waals surface area contributed by atoms with Crippen molar-refractivity contribution in [2.45, 2.75) is 364 Å². The van der Waals surface area contributed by atoms with Crippen molar-refractivity contribution >= 4 is 5.91 Å². The Morgan fingerprint density at radius 2 is 0.726 bits per heavy atom. The number of carbonyl (C=O) groups is 1. The Morgan fingerprint density at radius 3 is 1.09 bits per heavy atom. The molecule has 2 saturated heterocycles. The van der Waals surface area contributed by atoms with E-state index in [1.54, 1.807) is 0 Å². The summed E-state index contributed by atoms with van der Waals surface area (Å²) < 4.78 is 22.9. The van der Waals surface area contributed by atoms with Gasteiger partial charge in [-0.3, -0.25) is 4.79 Å². The molecule has 546 valence electrons. The van der Waals surface area contributed by atoms with Gasteiger partial charge in [0, 0.05) is 6.42 Å². The van der Waals surface area contributed by atoms with Gasteiger partial charge in [0.25, 0.3) is 0 Å². The van der Waals surface area contributed by atoms with E-state index in [2.05, 4.69) is 141 Å². The summed E-state index contributed by atoms with van der Waals surface area (Å²) in [6.07, 6.45) is 76.5. The minimum absolute atomic E-state index is 0.241. The molecule has 2 heterocycles. The van der Waals surface area contributed by atoms with Gasteiger partial charge in [-0.25, -0.2) is 0 Å². The minimum Gasteiger partial charge on any atom is -0.394 e. The van der Waals surface area contributed by atoms with Gasteiger partial charge in [-0.2, -0.15) is 0 Å². The zero-order chi connectivity index (χ0) is 68.7. The quantitative estimate of drug-likeness (QED) is 0.0204. The summed E-state index contributed by atoms with van der Waals surface area (Å²) >= 11 is 0. The summed E-state index contributed by atoms with van der Waals surface area (Å²) in [6, 6.07) is -0.864. The molecule has 0 spiro atoms. The van der Waals surface area contributed by atoms with Crippen LogP contribution >= 0.6 is 0 Å². The molecule has 0 aliphatic carbocycles. The van der Waals surface area contributed by atoms with Crippen LogP contribution in [-0.4, -0.2) is 140 Å². The topological polar surface area (TPSA) is 228 Å². The Kier molecular flexibility index (Phi) is 58.8. The lowest BCUT2D eigenvalue weighted by Gasteiger charge is -2.46. The molecule has 9 N–H and O–H groups in total. The second-order valence-corrected chi connectivity index (χ2v) is 26.4. The molecule has 0 radical (unpaired) electrons. The lowest BCUT2D eigenvalue weighted by atomic mass is 9.97. The van der Waals surface area contributed by atoms with Crippen molar-refractivity contribution in [1.29, 1.82) is 0 Å². The van der Waals surface area contributed by atoms with Gasteiger partial charge < -0.3 is 65.1 Å². The van der Waals surface area contributed by atoms with E-state index in [1.807, 2.05) is 0 Å². The van der Waals surface area contributed by atoms with Crippen LogP contribution in [0.25, 0.3) is 0 Å². The molecule has 14 heteroatoms. The third-order valence-corrected chi connectivity index (χ3v) is 17.9. The standard InChI is InChI=1S/C81H139NO13/c1-3-5-7-9-11-13-15-17-19-21-23-25-27-29-31-33-34-35-36-37-39-41-43-45-47-49-51-53-55-57-59-61-63-65-73(86)82-69(68-92-80-78(91)76(89)79(72(67-84)94-80)95-81-77(90)75(88)74(87)71(66-83)93-81)70(85)64-62-60-58-56-54-52-50-48-46-44-42-40-38-32-30-28-26-24-22-20-18-16-14-12-10-8-6-4-2/h5,7,11,13,17,19,23,25,29,31,34-35,37,39,43,45,49,51,55,57,69-72,74-81,83-85,87-91H,3-4,6,8-10,12,14-16,18,20-22,24,26-28,30,32-33,36,38,40-42,44,46-48,50,52-54,56,58-68H2,1-2H3,(H,82,86)/b7-5-,13-11-,19-17-,25-23-,31-29-,35-34-,39-37-,45-43-,51-49-,57-55-. The van der Waals surface area contributed by atoms with Crippen LogP contribution in [0.3, 0.4) is 0 Å². The predicted octanol–water partition coefficient (Wildman–Crippen LogP) is 16.8. The molecule has 0 saturated carbocycles. The Labute approximate surface area is 578 Å². The number of aliphatic hydroxyl groups excluding tert-OH is 8. The van der Waals surface area contributed by atoms with Crippen molar-refractivity contribution in [2.75, 3.05) is 19.8 Å². The molecular formula is C81H139NO13. The Hall–Kier alpha value is -3.61. The molecule has 95 heavy (non-hydrogen) atoms. The molecule has 2 aliphatic heterocycles. The lowest BCUT2D eigenvalue weighted by Crippen LogP contribution is -2.65. The van der Waals surface area contributed by atoms with Gasteiger partial charge in [0.2, 0.25) is 5.91 Å². The van der Waals surface area contributed by atoms with Crippen LogP contribution in [0.5, 0.6) is 0 Å². The fraction of sp³-hybridized carbons (Fsp3) is 0.741. The SMILES string of the molecule is CC/C=C\C/C=C\C/C=C\C/C=C\C/C=C\C/C=C\C/C=C\C/C=C\C/C=C\C/C=C\CCCCC(=O)NC(COC1OC(CO)C(OC2OC(CO)C(O)C(O)C2O)C(O)C1O)C(O)CCCCCCCCCCCCCCCCCCCCCCCCCCCCCC. The van der Waals surface area contributed by atoms with Gasteiger partial charge in [-0.05, 0) is 89.9 Å². The number of ether oxygens (including phenoxy) is 4. The minimum atomic E-state index is -1.79. The molecular weight excluding hydrogens is 1190 g/mol. The fourth-order valence-corrected chi connectivity index (χ4v) is 11.9. The summed E-state index contributed by atoms with van der Waals surface area (Å²) in [5.41, 5.74) is 0. The van der Waals surface area contributed by atoms with E-state index in [4.69, 9.17) is 18.9 Å². The molecule has 1 amide bonds. The maximum absolute atomic E-state index is 13.4. The second kappa shape index (κ2) is 63.8. The van der Waals surface area contributed by atoms with E-state index in [0.29, 0.717) is 12.8 Å². The van der Waals surface area contributed by atoms with Crippen molar-refractivity contribution in [1.82, 2.24) is 5.32 Å². The molecule has 2 rings (SSSR count). The number of amides is 1. The van der Waals surface area contributed by atoms with Crippen LogP contribution in [-0.2, 0) is 23.7 Å². The average molecular weight is 1330 g/mol. The Balaban J connectivity index is 1.68. The number of nitrogens with one attached hydrogen (secondary N) is 1. The Morgan fingerprint density at radius 1 is 0.389 bits per heavy atom. The van der Waals surface area contributed by atoms with E-state index in [1.165, 1.54) is 154 Å². The first-order chi connectivity index (χ1) is 46.6. The van der Waals surface area contributed by atoms with E-state index in [0.717, 1.165) is 103 Å². The number of carbonyl (C=O) groups excluding carboxylic acids is 1. The number of hydrogen-bond acceptors (Lipinski definition) is 13. The smallest absolute Gasteiger partial charge is 0.220 e. The number of rotatable bonds is 62. The van der Waals surface area contributed by atoms with Crippen molar-refractivity contribution in [3.05, 3.63) is 122 Å². The van der Waals surface area contributed by atoms with Crippen LogP contribution in [0.15, 0.2) is 122 Å². The largest absolute Gasteiger partial charge is 0.394 e. The molecule has 0 bridgehead atoms. The van der Waals surface area contributed by atoms with Gasteiger partial charge >= 0.3 is 0 Å². The summed E-state index contributed by atoms with van der Waals surface area (Å²) in [5.74, 6) is -0.250. The normalized spacial score (nSPS) is 23.1. The third kappa shape index (κ3) is 47.1. The summed E-state index contributed by atoms with van der Waals surface area (Å²) in [6.45, 7) is 2.75. The lowest BCUT2D eigenvalue weighted by molar-refractivity contribution is -0.359. The van der Waals surface area contributed by atoms with Gasteiger partial charge in [0.05, 0.1) is 32.0 Å². The van der Waals surface area contributed by atoms with Crippen molar-refractivity contribution in [3.8, 4) is 0 Å². The number of hydrogen-bond donors (Lipinski definition) is 9. The average Bonchev–Trinajstić information content (AvgIpc) is 0.801. The highest BCUT2D eigenvalue weighted by Crippen LogP contribution is 2.30. The first kappa shape index (κ1) is 87.5. The molecule has 2 aliphatic rings. The molecule has 2 fully saturated rings. The van der Waals surface area contributed by atoms with Gasteiger partial charge in [-0.1, -0.05) is 315 Å². The van der Waals surface area contributed by atoms with Crippen LogP contribution in [0.1, 0.15) is 290 Å². The summed E-state index contributed by atoms with van der Waals surface area (Å²) in [5, 5.41) is 87.7. The van der Waals surface area contributed by atoms with Crippen molar-refractivity contribution in [2.24, 2.45) is 0 Å². The van der Waals surface area contributed by atoms with Crippen molar-refractivity contribution in [3.63, 3.8) is 0 Å². The number of aliphatic hydroxyl groups is 8. The van der Waals surface area contributed by atoms with Crippen LogP contribution in [0.4, 0.5) is 0 Å². The number of unbranched alkanes of at least 4 members (excludes halogenated alkanes) is 29. The second-order valence-electron chi connectivity index (χ2n) is 26.4. The monoisotopic (exact) mass is 1330 g/mol. The van der Waals surface area contributed by atoms with Gasteiger partial charge in [0.15, 0.2) is 12.6 Å². The van der Waals surface area contributed by atoms with Gasteiger partial charge in [-0.15, -0.1) is 0 Å². The zero-order valence-electron chi connectivity index (χ0n) is 59.6. The van der Waals surface area contributed by atoms with Crippen molar-refractivity contribution < 1.29 is 64.6 Å². The van der Waals surface area contributed by atoms with E-state index in [9.17, 15) is 45.6 Å². The van der Waals surface area contributed by atoms with E-state index >= 15 is 0 Å². The van der Waals surface area contributed by atoms with E-state index in [-0.39, 0.29) is 18.9 Å². The molecule has 14 nitrogen and oxygen atoms in total.